The predicted octanol–water partition coefficient (Wildman–Crippen LogP) is 2.32. The van der Waals surface area contributed by atoms with Crippen molar-refractivity contribution in [1.29, 1.82) is 0 Å². The zero-order valence-electron chi connectivity index (χ0n) is 13.7. The fourth-order valence-electron chi connectivity index (χ4n) is 2.53. The summed E-state index contributed by atoms with van der Waals surface area (Å²) in [6.45, 7) is 1.71. The number of anilines is 1. The molecular formula is C17H14N2O5S. The first-order valence-corrected chi connectivity index (χ1v) is 8.17. The molecule has 1 aliphatic rings. The number of hydrogen-bond acceptors (Lipinski definition) is 6. The highest BCUT2D eigenvalue weighted by Gasteiger charge is 2.33. The Morgan fingerprint density at radius 3 is 2.52 bits per heavy atom. The third-order valence-corrected chi connectivity index (χ3v) is 5.02. The number of imide groups is 1. The first-order valence-electron chi connectivity index (χ1n) is 7.29. The average molecular weight is 358 g/mol. The lowest BCUT2D eigenvalue weighted by atomic mass is 10.1. The summed E-state index contributed by atoms with van der Waals surface area (Å²) in [4.78, 5) is 49.0. The van der Waals surface area contributed by atoms with Gasteiger partial charge in [0.1, 0.15) is 0 Å². The molecule has 128 valence electrons. The second kappa shape index (κ2) is 6.14. The van der Waals surface area contributed by atoms with E-state index in [4.69, 9.17) is 0 Å². The van der Waals surface area contributed by atoms with Crippen molar-refractivity contribution in [3.8, 4) is 0 Å². The standard InChI is InChI=1S/C17H14N2O5S/c1-8-12(17(23)24-3)7-25-14(8)18-13(20)9-4-5-10-11(6-9)16(22)19(2)15(10)21/h4-7H,1-3H3,(H,18,20). The van der Waals surface area contributed by atoms with Crippen LogP contribution in [0.4, 0.5) is 5.00 Å². The summed E-state index contributed by atoms with van der Waals surface area (Å²) in [5, 5.41) is 4.84. The van der Waals surface area contributed by atoms with Gasteiger partial charge in [-0.1, -0.05) is 0 Å². The van der Waals surface area contributed by atoms with Crippen molar-refractivity contribution in [3.63, 3.8) is 0 Å². The Balaban J connectivity index is 1.86. The largest absolute Gasteiger partial charge is 0.465 e. The molecule has 7 nitrogen and oxygen atoms in total. The van der Waals surface area contributed by atoms with E-state index < -0.39 is 17.8 Å². The summed E-state index contributed by atoms with van der Waals surface area (Å²) in [6, 6.07) is 4.36. The number of ether oxygens (including phenoxy) is 1. The van der Waals surface area contributed by atoms with Gasteiger partial charge in [-0.3, -0.25) is 19.3 Å². The van der Waals surface area contributed by atoms with Gasteiger partial charge in [0.2, 0.25) is 0 Å². The van der Waals surface area contributed by atoms with E-state index in [0.29, 0.717) is 16.1 Å². The highest BCUT2D eigenvalue weighted by molar-refractivity contribution is 7.14. The maximum atomic E-state index is 12.5. The third-order valence-electron chi connectivity index (χ3n) is 4.02. The number of fused-ring (bicyclic) bond motifs is 1. The van der Waals surface area contributed by atoms with E-state index in [1.54, 1.807) is 12.3 Å². The van der Waals surface area contributed by atoms with Gasteiger partial charge in [0.15, 0.2) is 0 Å². The van der Waals surface area contributed by atoms with Gasteiger partial charge in [0.25, 0.3) is 17.7 Å². The highest BCUT2D eigenvalue weighted by Crippen LogP contribution is 2.29. The molecule has 0 fully saturated rings. The molecule has 0 saturated heterocycles. The van der Waals surface area contributed by atoms with Gasteiger partial charge in [0, 0.05) is 18.0 Å². The molecule has 1 aromatic heterocycles. The summed E-state index contributed by atoms with van der Waals surface area (Å²) < 4.78 is 4.68. The van der Waals surface area contributed by atoms with Crippen molar-refractivity contribution < 1.29 is 23.9 Å². The molecule has 2 heterocycles. The summed E-state index contributed by atoms with van der Waals surface area (Å²) in [5.74, 6) is -1.73. The number of nitrogens with zero attached hydrogens (tertiary/aromatic N) is 1. The molecule has 1 aromatic carbocycles. The number of benzene rings is 1. The molecule has 0 spiro atoms. The van der Waals surface area contributed by atoms with Crippen molar-refractivity contribution in [2.75, 3.05) is 19.5 Å². The molecule has 0 aliphatic carbocycles. The third kappa shape index (κ3) is 2.70. The second-order valence-corrected chi connectivity index (χ2v) is 6.36. The maximum Gasteiger partial charge on any atom is 0.339 e. The van der Waals surface area contributed by atoms with E-state index in [-0.39, 0.29) is 22.6 Å². The summed E-state index contributed by atoms with van der Waals surface area (Å²) in [7, 11) is 2.69. The summed E-state index contributed by atoms with van der Waals surface area (Å²) >= 11 is 1.21. The van der Waals surface area contributed by atoms with Gasteiger partial charge >= 0.3 is 5.97 Å². The second-order valence-electron chi connectivity index (χ2n) is 5.48. The molecule has 3 amide bonds. The SMILES string of the molecule is COC(=O)c1csc(NC(=O)c2ccc3c(c2)C(=O)N(C)C3=O)c1C. The number of rotatable bonds is 3. The van der Waals surface area contributed by atoms with Crippen molar-refractivity contribution in [3.05, 3.63) is 51.4 Å². The predicted molar refractivity (Wildman–Crippen MR) is 91.2 cm³/mol. The number of carbonyl (C=O) groups is 4. The first kappa shape index (κ1) is 16.8. The number of amides is 3. The molecule has 1 N–H and O–H groups in total. The Morgan fingerprint density at radius 2 is 1.84 bits per heavy atom. The van der Waals surface area contributed by atoms with Crippen LogP contribution in [0.5, 0.6) is 0 Å². The molecule has 0 unspecified atom stereocenters. The molecule has 1 aliphatic heterocycles. The van der Waals surface area contributed by atoms with Gasteiger partial charge in [-0.2, -0.15) is 0 Å². The Labute approximate surface area is 147 Å². The van der Waals surface area contributed by atoms with E-state index in [2.05, 4.69) is 10.1 Å². The minimum atomic E-state index is -0.473. The maximum absolute atomic E-state index is 12.5. The zero-order chi connectivity index (χ0) is 18.3. The number of carbonyl (C=O) groups excluding carboxylic acids is 4. The van der Waals surface area contributed by atoms with Crippen LogP contribution in [0.25, 0.3) is 0 Å². The molecular weight excluding hydrogens is 344 g/mol. The molecule has 0 saturated carbocycles. The fourth-order valence-corrected chi connectivity index (χ4v) is 3.48. The van der Waals surface area contributed by atoms with Gasteiger partial charge in [-0.25, -0.2) is 4.79 Å². The lowest BCUT2D eigenvalue weighted by molar-refractivity contribution is 0.0599. The van der Waals surface area contributed by atoms with Crippen molar-refractivity contribution in [2.24, 2.45) is 0 Å². The average Bonchev–Trinajstić information content (AvgIpc) is 3.08. The minimum Gasteiger partial charge on any atom is -0.465 e. The van der Waals surface area contributed by atoms with Crippen LogP contribution in [0, 0.1) is 6.92 Å². The smallest absolute Gasteiger partial charge is 0.339 e. The molecule has 0 bridgehead atoms. The van der Waals surface area contributed by atoms with E-state index >= 15 is 0 Å². The van der Waals surface area contributed by atoms with E-state index in [1.807, 2.05) is 0 Å². The molecule has 8 heteroatoms. The van der Waals surface area contributed by atoms with Crippen molar-refractivity contribution in [2.45, 2.75) is 6.92 Å². The van der Waals surface area contributed by atoms with Gasteiger partial charge < -0.3 is 10.1 Å². The molecule has 3 rings (SSSR count). The van der Waals surface area contributed by atoms with Gasteiger partial charge in [0.05, 0.1) is 28.8 Å². The molecule has 0 radical (unpaired) electrons. The number of esters is 1. The van der Waals surface area contributed by atoms with Gasteiger partial charge in [-0.05, 0) is 30.7 Å². The molecule has 2 aromatic rings. The highest BCUT2D eigenvalue weighted by atomic mass is 32.1. The minimum absolute atomic E-state index is 0.207. The van der Waals surface area contributed by atoms with E-state index in [0.717, 1.165) is 4.90 Å². The monoisotopic (exact) mass is 358 g/mol. The summed E-state index contributed by atoms with van der Waals surface area (Å²) in [6.07, 6.45) is 0. The number of thiophene rings is 1. The Bertz CT molecular complexity index is 931. The number of nitrogens with one attached hydrogen (secondary N) is 1. The van der Waals surface area contributed by atoms with Crippen LogP contribution >= 0.6 is 11.3 Å². The van der Waals surface area contributed by atoms with Crippen LogP contribution < -0.4 is 5.32 Å². The van der Waals surface area contributed by atoms with Crippen LogP contribution in [-0.2, 0) is 4.74 Å². The van der Waals surface area contributed by atoms with E-state index in [9.17, 15) is 19.2 Å². The Morgan fingerprint density at radius 1 is 1.16 bits per heavy atom. The van der Waals surface area contributed by atoms with Crippen molar-refractivity contribution >= 4 is 40.0 Å². The van der Waals surface area contributed by atoms with E-state index in [1.165, 1.54) is 43.7 Å². The normalized spacial score (nSPS) is 13.0. The zero-order valence-corrected chi connectivity index (χ0v) is 14.5. The quantitative estimate of drug-likeness (QED) is 0.671. The van der Waals surface area contributed by atoms with Crippen LogP contribution in [-0.4, -0.2) is 42.7 Å². The number of methoxy groups -OCH3 is 1. The number of hydrogen-bond donors (Lipinski definition) is 1. The first-order chi connectivity index (χ1) is 11.8. The van der Waals surface area contributed by atoms with Crippen LogP contribution in [0.15, 0.2) is 23.6 Å². The lowest BCUT2D eigenvalue weighted by Crippen LogP contribution is -2.24. The Kier molecular flexibility index (Phi) is 4.13. The molecule has 0 atom stereocenters. The topological polar surface area (TPSA) is 92.8 Å². The lowest BCUT2D eigenvalue weighted by Gasteiger charge is -2.06. The van der Waals surface area contributed by atoms with Crippen LogP contribution in [0.3, 0.4) is 0 Å². The summed E-state index contributed by atoms with van der Waals surface area (Å²) in [5.41, 5.74) is 1.74. The van der Waals surface area contributed by atoms with Gasteiger partial charge in [-0.15, -0.1) is 11.3 Å². The van der Waals surface area contributed by atoms with Crippen LogP contribution in [0.1, 0.15) is 47.0 Å². The Hall–Kier alpha value is -3.00. The fraction of sp³-hybridized carbons (Fsp3) is 0.176. The van der Waals surface area contributed by atoms with Crippen molar-refractivity contribution in [1.82, 2.24) is 4.90 Å². The van der Waals surface area contributed by atoms with Crippen LogP contribution in [0.2, 0.25) is 0 Å². The molecule has 25 heavy (non-hydrogen) atoms.